The highest BCUT2D eigenvalue weighted by Gasteiger charge is 1.92. The van der Waals surface area contributed by atoms with Crippen LogP contribution >= 0.6 is 12.6 Å². The first-order valence-electron chi connectivity index (χ1n) is 3.55. The van der Waals surface area contributed by atoms with E-state index in [-0.39, 0.29) is 0 Å². The molecule has 0 saturated carbocycles. The maximum atomic E-state index is 8.48. The van der Waals surface area contributed by atoms with Gasteiger partial charge in [0.05, 0.1) is 5.56 Å². The molecule has 3 nitrogen and oxygen atoms in total. The minimum Gasteiger partial charge on any atom is -0.369 e. The third-order valence-corrected chi connectivity index (χ3v) is 1.50. The maximum absolute atomic E-state index is 8.48. The van der Waals surface area contributed by atoms with E-state index in [4.69, 9.17) is 17.9 Å². The number of pyridine rings is 1. The van der Waals surface area contributed by atoms with Crippen molar-refractivity contribution in [3.63, 3.8) is 0 Å². The second-order valence-corrected chi connectivity index (χ2v) is 2.58. The van der Waals surface area contributed by atoms with Gasteiger partial charge in [-0.2, -0.15) is 5.26 Å². The van der Waals surface area contributed by atoms with E-state index in [1.54, 1.807) is 12.1 Å². The Morgan fingerprint density at radius 1 is 1.58 bits per heavy atom. The summed E-state index contributed by atoms with van der Waals surface area (Å²) < 4.78 is 0. The van der Waals surface area contributed by atoms with E-state index in [2.05, 4.69) is 10.3 Å². The summed E-state index contributed by atoms with van der Waals surface area (Å²) >= 11 is 4.76. The van der Waals surface area contributed by atoms with E-state index >= 15 is 0 Å². The first-order chi connectivity index (χ1) is 5.86. The third-order valence-electron chi connectivity index (χ3n) is 1.30. The van der Waals surface area contributed by atoms with E-state index in [1.165, 1.54) is 6.20 Å². The lowest BCUT2D eigenvalue weighted by molar-refractivity contribution is 1.17. The molecular weight excluding hydrogens is 170 g/mol. The molecule has 0 bridgehead atoms. The Bertz CT molecular complexity index is 275. The Balaban J connectivity index is 2.60. The summed E-state index contributed by atoms with van der Waals surface area (Å²) in [6.07, 6.45) is 1.53. The third kappa shape index (κ3) is 2.44. The van der Waals surface area contributed by atoms with Gasteiger partial charge in [0, 0.05) is 18.5 Å². The molecule has 0 unspecified atom stereocenters. The van der Waals surface area contributed by atoms with E-state index in [9.17, 15) is 0 Å². The monoisotopic (exact) mass is 178 g/mol. The highest BCUT2D eigenvalue weighted by Crippen LogP contribution is 2.02. The van der Waals surface area contributed by atoms with Crippen LogP contribution in [0.25, 0.3) is 0 Å². The number of nitrogens with zero attached hydrogens (tertiary/aromatic N) is 2. The van der Waals surface area contributed by atoms with Crippen LogP contribution in [0.2, 0.25) is 0 Å². The lowest BCUT2D eigenvalue weighted by atomic mass is 10.3. The molecule has 61 valence electrons. The van der Waals surface area contributed by atoms with Crippen molar-refractivity contribution < 1.29 is 0 Å². The average molecular weight is 178 g/mol. The summed E-state index contributed by atoms with van der Waals surface area (Å²) in [5.74, 6) is 1.42. The lowest BCUT2D eigenvalue weighted by Crippen LogP contribution is -2.03. The number of hydrogen-bond donors (Lipinski definition) is 1. The Labute approximate surface area is 76.8 Å². The van der Waals surface area contributed by atoms with Gasteiger partial charge in [0.15, 0.2) is 0 Å². The first-order valence-corrected chi connectivity index (χ1v) is 4.12. The van der Waals surface area contributed by atoms with Gasteiger partial charge in [0.1, 0.15) is 11.9 Å². The number of anilines is 1. The van der Waals surface area contributed by atoms with Gasteiger partial charge in [-0.3, -0.25) is 0 Å². The smallest absolute Gasteiger partial charge is 0.125 e. The zero-order valence-corrected chi connectivity index (χ0v) is 7.27. The molecule has 0 spiro atoms. The molecular formula is C8H8N3S. The predicted molar refractivity (Wildman–Crippen MR) is 49.9 cm³/mol. The van der Waals surface area contributed by atoms with E-state index in [0.29, 0.717) is 11.3 Å². The van der Waals surface area contributed by atoms with Crippen molar-refractivity contribution in [1.29, 1.82) is 5.26 Å². The zero-order valence-electron chi connectivity index (χ0n) is 6.45. The Morgan fingerprint density at radius 3 is 2.92 bits per heavy atom. The number of nitriles is 1. The van der Waals surface area contributed by atoms with Gasteiger partial charge in [-0.15, -0.1) is 0 Å². The van der Waals surface area contributed by atoms with Gasteiger partial charge in [0.2, 0.25) is 0 Å². The van der Waals surface area contributed by atoms with Crippen molar-refractivity contribution in [3.05, 3.63) is 23.9 Å². The molecule has 1 radical (unpaired) electrons. The fourth-order valence-corrected chi connectivity index (χ4v) is 0.846. The van der Waals surface area contributed by atoms with Gasteiger partial charge < -0.3 is 5.32 Å². The molecule has 0 amide bonds. The van der Waals surface area contributed by atoms with Crippen LogP contribution in [0.5, 0.6) is 0 Å². The quantitative estimate of drug-likeness (QED) is 0.764. The van der Waals surface area contributed by atoms with Crippen LogP contribution in [0.15, 0.2) is 18.3 Å². The Morgan fingerprint density at radius 2 is 2.42 bits per heavy atom. The van der Waals surface area contributed by atoms with Gasteiger partial charge >= 0.3 is 0 Å². The molecule has 1 aromatic heterocycles. The fourth-order valence-electron chi connectivity index (χ4n) is 0.744. The van der Waals surface area contributed by atoms with Crippen molar-refractivity contribution in [2.24, 2.45) is 0 Å². The van der Waals surface area contributed by atoms with Crippen molar-refractivity contribution in [1.82, 2.24) is 4.98 Å². The zero-order chi connectivity index (χ0) is 8.81. The van der Waals surface area contributed by atoms with Crippen LogP contribution in [0, 0.1) is 11.3 Å². The predicted octanol–water partition coefficient (Wildman–Crippen LogP) is 1.56. The molecule has 1 rings (SSSR count). The van der Waals surface area contributed by atoms with Crippen LogP contribution in [0.1, 0.15) is 5.56 Å². The molecule has 1 N–H and O–H groups in total. The standard InChI is InChI=1S/C8H8N3S/c9-5-7-1-2-8(11-6-7)10-3-4-12/h1-2,6H,3-4H2,(H,10,11). The highest BCUT2D eigenvalue weighted by molar-refractivity contribution is 7.80. The van der Waals surface area contributed by atoms with Crippen LogP contribution < -0.4 is 5.32 Å². The second kappa shape index (κ2) is 4.62. The van der Waals surface area contributed by atoms with E-state index in [0.717, 1.165) is 12.4 Å². The molecule has 4 heteroatoms. The maximum Gasteiger partial charge on any atom is 0.125 e. The number of hydrogen-bond acceptors (Lipinski definition) is 3. The summed E-state index contributed by atoms with van der Waals surface area (Å²) in [7, 11) is 0. The normalized spacial score (nSPS) is 9.00. The van der Waals surface area contributed by atoms with Crippen LogP contribution in [-0.4, -0.2) is 17.3 Å². The average Bonchev–Trinajstić information content (AvgIpc) is 2.15. The SMILES string of the molecule is N#Cc1ccc(NCC[S])nc1. The Hall–Kier alpha value is -1.21. The minimum absolute atomic E-state index is 0.568. The van der Waals surface area contributed by atoms with Gasteiger partial charge in [-0.1, -0.05) is 12.6 Å². The number of nitrogens with one attached hydrogen (secondary N) is 1. The molecule has 0 fully saturated rings. The van der Waals surface area contributed by atoms with Crippen molar-refractivity contribution in [2.75, 3.05) is 17.6 Å². The Kier molecular flexibility index (Phi) is 3.42. The highest BCUT2D eigenvalue weighted by atomic mass is 32.1. The van der Waals surface area contributed by atoms with Crippen LogP contribution in [-0.2, 0) is 0 Å². The lowest BCUT2D eigenvalue weighted by Gasteiger charge is -2.01. The first kappa shape index (κ1) is 8.88. The fraction of sp³-hybridized carbons (Fsp3) is 0.250. The largest absolute Gasteiger partial charge is 0.369 e. The van der Waals surface area contributed by atoms with Gasteiger partial charge in [-0.25, -0.2) is 4.98 Å². The summed E-state index contributed by atoms with van der Waals surface area (Å²) in [5.41, 5.74) is 0.568. The van der Waals surface area contributed by atoms with E-state index < -0.39 is 0 Å². The molecule has 0 saturated heterocycles. The second-order valence-electron chi connectivity index (χ2n) is 2.17. The van der Waals surface area contributed by atoms with E-state index in [1.807, 2.05) is 6.07 Å². The summed E-state index contributed by atoms with van der Waals surface area (Å²) in [6, 6.07) is 5.49. The number of rotatable bonds is 3. The molecule has 1 aromatic rings. The molecule has 0 aliphatic heterocycles. The number of aromatic nitrogens is 1. The summed E-state index contributed by atoms with van der Waals surface area (Å²) in [5, 5.41) is 11.5. The van der Waals surface area contributed by atoms with Gasteiger partial charge in [0.25, 0.3) is 0 Å². The molecule has 0 aromatic carbocycles. The molecule has 0 atom stereocenters. The van der Waals surface area contributed by atoms with Crippen molar-refractivity contribution in [3.8, 4) is 6.07 Å². The van der Waals surface area contributed by atoms with Crippen molar-refractivity contribution in [2.45, 2.75) is 0 Å². The van der Waals surface area contributed by atoms with Gasteiger partial charge in [-0.05, 0) is 12.1 Å². The molecule has 1 heterocycles. The molecule has 0 aliphatic carbocycles. The molecule has 12 heavy (non-hydrogen) atoms. The molecule has 0 aliphatic rings. The topological polar surface area (TPSA) is 48.7 Å². The summed E-state index contributed by atoms with van der Waals surface area (Å²) in [4.78, 5) is 4.01. The van der Waals surface area contributed by atoms with Crippen LogP contribution in [0.4, 0.5) is 5.82 Å². The van der Waals surface area contributed by atoms with Crippen LogP contribution in [0.3, 0.4) is 0 Å². The van der Waals surface area contributed by atoms with Crippen molar-refractivity contribution >= 4 is 18.4 Å². The summed E-state index contributed by atoms with van der Waals surface area (Å²) in [6.45, 7) is 0.730. The minimum atomic E-state index is 0.568.